The van der Waals surface area contributed by atoms with Crippen molar-refractivity contribution in [3.8, 4) is 5.69 Å². The number of hydrogen-bond donors (Lipinski definition) is 2. The van der Waals surface area contributed by atoms with Gasteiger partial charge in [-0.05, 0) is 74.5 Å². The molecule has 4 aromatic rings. The molecule has 0 saturated heterocycles. The van der Waals surface area contributed by atoms with Crippen LogP contribution in [0.2, 0.25) is 0 Å². The number of anilines is 2. The average Bonchev–Trinajstić information content (AvgIpc) is 3.12. The maximum absolute atomic E-state index is 14.7. The van der Waals surface area contributed by atoms with Crippen LogP contribution in [0.1, 0.15) is 21.7 Å². The summed E-state index contributed by atoms with van der Waals surface area (Å²) in [4.78, 5) is 12.6. The molecule has 0 fully saturated rings. The Balaban J connectivity index is 1.48. The molecule has 0 spiro atoms. The van der Waals surface area contributed by atoms with Gasteiger partial charge in [-0.15, -0.1) is 0 Å². The molecule has 1 amide bonds. The zero-order valence-corrected chi connectivity index (χ0v) is 18.7. The van der Waals surface area contributed by atoms with Crippen molar-refractivity contribution in [2.24, 2.45) is 0 Å². The van der Waals surface area contributed by atoms with Crippen molar-refractivity contribution in [2.75, 3.05) is 10.0 Å². The van der Waals surface area contributed by atoms with Gasteiger partial charge in [0.1, 0.15) is 5.69 Å². The summed E-state index contributed by atoms with van der Waals surface area (Å²) in [5, 5.41) is 6.89. The van der Waals surface area contributed by atoms with Gasteiger partial charge >= 0.3 is 0 Å². The van der Waals surface area contributed by atoms with Crippen LogP contribution < -0.4 is 10.0 Å². The monoisotopic (exact) mass is 464 g/mol. The molecule has 1 aromatic heterocycles. The van der Waals surface area contributed by atoms with E-state index < -0.39 is 21.7 Å². The second-order valence-electron chi connectivity index (χ2n) is 7.46. The fourth-order valence-electron chi connectivity index (χ4n) is 3.34. The van der Waals surface area contributed by atoms with Crippen molar-refractivity contribution in [3.63, 3.8) is 0 Å². The van der Waals surface area contributed by atoms with Crippen LogP contribution in [-0.4, -0.2) is 24.1 Å². The van der Waals surface area contributed by atoms with E-state index in [0.717, 1.165) is 11.4 Å². The number of carbonyl (C=O) groups excluding carboxylic acids is 1. The molecule has 0 aliphatic rings. The highest BCUT2D eigenvalue weighted by molar-refractivity contribution is 7.92. The molecule has 3 aromatic carbocycles. The molecule has 168 valence electrons. The van der Waals surface area contributed by atoms with Crippen molar-refractivity contribution < 1.29 is 17.6 Å². The van der Waals surface area contributed by atoms with Gasteiger partial charge < -0.3 is 5.32 Å². The first-order valence-electron chi connectivity index (χ1n) is 10.1. The summed E-state index contributed by atoms with van der Waals surface area (Å²) in [5.41, 5.74) is 2.78. The molecule has 4 rings (SSSR count). The average molecular weight is 465 g/mol. The number of carbonyl (C=O) groups is 1. The Kier molecular flexibility index (Phi) is 5.97. The van der Waals surface area contributed by atoms with E-state index in [4.69, 9.17) is 0 Å². The lowest BCUT2D eigenvalue weighted by molar-refractivity contribution is 0.102. The number of aromatic nitrogens is 2. The lowest BCUT2D eigenvalue weighted by Gasteiger charge is -2.10. The largest absolute Gasteiger partial charge is 0.322 e. The molecule has 33 heavy (non-hydrogen) atoms. The number of amides is 1. The SMILES string of the molecule is Cc1cc(C)n(-c2ccc(NC(=O)c3ccc(S(=O)(=O)Nc4ccccc4)cc3)cc2F)n1. The van der Waals surface area contributed by atoms with E-state index in [0.29, 0.717) is 5.69 Å². The Morgan fingerprint density at radius 3 is 2.21 bits per heavy atom. The molecule has 2 N–H and O–H groups in total. The van der Waals surface area contributed by atoms with Gasteiger partial charge in [0.25, 0.3) is 15.9 Å². The molecular weight excluding hydrogens is 443 g/mol. The Bertz CT molecular complexity index is 1420. The quantitative estimate of drug-likeness (QED) is 0.433. The summed E-state index contributed by atoms with van der Waals surface area (Å²) in [6.45, 7) is 3.65. The minimum absolute atomic E-state index is 0.0168. The summed E-state index contributed by atoms with van der Waals surface area (Å²) in [6.07, 6.45) is 0. The highest BCUT2D eigenvalue weighted by Gasteiger charge is 2.16. The number of sulfonamides is 1. The molecule has 9 heteroatoms. The molecule has 0 aliphatic heterocycles. The first-order chi connectivity index (χ1) is 15.7. The highest BCUT2D eigenvalue weighted by Crippen LogP contribution is 2.21. The topological polar surface area (TPSA) is 93.1 Å². The molecule has 1 heterocycles. The maximum Gasteiger partial charge on any atom is 0.261 e. The lowest BCUT2D eigenvalue weighted by Crippen LogP contribution is -2.15. The fourth-order valence-corrected chi connectivity index (χ4v) is 4.40. The van der Waals surface area contributed by atoms with Crippen LogP contribution in [0.25, 0.3) is 5.69 Å². The van der Waals surface area contributed by atoms with Crippen molar-refractivity contribution >= 4 is 27.3 Å². The molecule has 7 nitrogen and oxygen atoms in total. The number of nitrogens with zero attached hydrogens (tertiary/aromatic N) is 2. The summed E-state index contributed by atoms with van der Waals surface area (Å²) in [7, 11) is -3.79. The first-order valence-corrected chi connectivity index (χ1v) is 11.5. The van der Waals surface area contributed by atoms with Crippen LogP contribution in [0.5, 0.6) is 0 Å². The van der Waals surface area contributed by atoms with Gasteiger partial charge in [0.2, 0.25) is 0 Å². The normalized spacial score (nSPS) is 11.2. The van der Waals surface area contributed by atoms with Crippen molar-refractivity contribution in [2.45, 2.75) is 18.7 Å². The molecule has 0 bridgehead atoms. The van der Waals surface area contributed by atoms with E-state index in [1.807, 2.05) is 19.9 Å². The number of aryl methyl sites for hydroxylation is 2. The number of rotatable bonds is 6. The first kappa shape index (κ1) is 22.2. The third kappa shape index (κ3) is 4.93. The van der Waals surface area contributed by atoms with E-state index in [-0.39, 0.29) is 21.8 Å². The molecular formula is C24H21FN4O3S. The number of halogens is 1. The second kappa shape index (κ2) is 8.87. The second-order valence-corrected chi connectivity index (χ2v) is 9.14. The van der Waals surface area contributed by atoms with Crippen LogP contribution >= 0.6 is 0 Å². The van der Waals surface area contributed by atoms with Crippen LogP contribution in [0.15, 0.2) is 83.8 Å². The predicted octanol–water partition coefficient (Wildman–Crippen LogP) is 4.68. The van der Waals surface area contributed by atoms with Gasteiger partial charge in [-0.1, -0.05) is 18.2 Å². The lowest BCUT2D eigenvalue weighted by atomic mass is 10.2. The number of hydrogen-bond acceptors (Lipinski definition) is 4. The van der Waals surface area contributed by atoms with Crippen LogP contribution in [0.4, 0.5) is 15.8 Å². The molecule has 0 atom stereocenters. The zero-order chi connectivity index (χ0) is 23.6. The summed E-state index contributed by atoms with van der Waals surface area (Å²) in [6, 6.07) is 20.1. The van der Waals surface area contributed by atoms with Gasteiger partial charge in [0.15, 0.2) is 5.82 Å². The van der Waals surface area contributed by atoms with E-state index in [1.165, 1.54) is 41.1 Å². The zero-order valence-electron chi connectivity index (χ0n) is 17.9. The Hall–Kier alpha value is -3.98. The Labute approximate surface area is 190 Å². The third-order valence-electron chi connectivity index (χ3n) is 4.90. The fraction of sp³-hybridized carbons (Fsp3) is 0.0833. The summed E-state index contributed by atoms with van der Waals surface area (Å²) in [5.74, 6) is -1.03. The molecule has 0 radical (unpaired) electrons. The predicted molar refractivity (Wildman–Crippen MR) is 125 cm³/mol. The van der Waals surface area contributed by atoms with Gasteiger partial charge in [0, 0.05) is 22.6 Å². The van der Waals surface area contributed by atoms with Gasteiger partial charge in [-0.25, -0.2) is 17.5 Å². The van der Waals surface area contributed by atoms with E-state index >= 15 is 0 Å². The summed E-state index contributed by atoms with van der Waals surface area (Å²) >= 11 is 0. The smallest absolute Gasteiger partial charge is 0.261 e. The van der Waals surface area contributed by atoms with E-state index in [9.17, 15) is 17.6 Å². The highest BCUT2D eigenvalue weighted by atomic mass is 32.2. The van der Waals surface area contributed by atoms with Crippen LogP contribution in [0, 0.1) is 19.7 Å². The number of benzene rings is 3. The van der Waals surface area contributed by atoms with Crippen molar-refractivity contribution in [3.05, 3.63) is 102 Å². The van der Waals surface area contributed by atoms with E-state index in [1.54, 1.807) is 36.4 Å². The Morgan fingerprint density at radius 2 is 1.61 bits per heavy atom. The standard InChI is InChI=1S/C24H21FN4O3S/c1-16-14-17(2)29(27-16)23-13-10-20(15-22(23)25)26-24(30)18-8-11-21(12-9-18)33(31,32)28-19-6-4-3-5-7-19/h3-15,28H,1-2H3,(H,26,30). The molecule has 0 unspecified atom stereocenters. The molecule has 0 aliphatic carbocycles. The molecule has 0 saturated carbocycles. The third-order valence-corrected chi connectivity index (χ3v) is 6.29. The van der Waals surface area contributed by atoms with Crippen LogP contribution in [0.3, 0.4) is 0 Å². The number of nitrogens with one attached hydrogen (secondary N) is 2. The number of para-hydroxylation sites is 1. The summed E-state index contributed by atoms with van der Waals surface area (Å²) < 4.78 is 43.7. The maximum atomic E-state index is 14.7. The minimum atomic E-state index is -3.79. The van der Waals surface area contributed by atoms with E-state index in [2.05, 4.69) is 15.1 Å². The van der Waals surface area contributed by atoms with Gasteiger partial charge in [0.05, 0.1) is 10.6 Å². The minimum Gasteiger partial charge on any atom is -0.322 e. The Morgan fingerprint density at radius 1 is 0.909 bits per heavy atom. The van der Waals surface area contributed by atoms with Gasteiger partial charge in [-0.3, -0.25) is 9.52 Å². The van der Waals surface area contributed by atoms with Crippen molar-refractivity contribution in [1.82, 2.24) is 9.78 Å². The van der Waals surface area contributed by atoms with Gasteiger partial charge in [-0.2, -0.15) is 5.10 Å². The van der Waals surface area contributed by atoms with Crippen molar-refractivity contribution in [1.29, 1.82) is 0 Å². The van der Waals surface area contributed by atoms with Crippen LogP contribution in [-0.2, 0) is 10.0 Å².